The normalized spacial score (nSPS) is 19.0. The van der Waals surface area contributed by atoms with Crippen LogP contribution in [0.3, 0.4) is 0 Å². The third kappa shape index (κ3) is 2.36. The molecule has 5 nitrogen and oxygen atoms in total. The molecule has 3 heterocycles. The minimum absolute atomic E-state index is 0.351. The first-order valence-corrected chi connectivity index (χ1v) is 8.09. The number of hydrogen-bond acceptors (Lipinski definition) is 4. The number of halogens is 1. The molecular weight excluding hydrogens is 332 g/mol. The number of fused-ring (bicyclic) bond motifs is 2. The lowest BCUT2D eigenvalue weighted by Crippen LogP contribution is -2.36. The Balaban J connectivity index is 1.56. The van der Waals surface area contributed by atoms with E-state index in [1.54, 1.807) is 0 Å². The van der Waals surface area contributed by atoms with Gasteiger partial charge in [0.15, 0.2) is 0 Å². The van der Waals surface area contributed by atoms with E-state index in [0.29, 0.717) is 10.8 Å². The monoisotopic (exact) mass is 348 g/mol. The highest BCUT2D eigenvalue weighted by Gasteiger charge is 2.25. The fourth-order valence-electron chi connectivity index (χ4n) is 3.11. The van der Waals surface area contributed by atoms with E-state index in [9.17, 15) is 0 Å². The summed E-state index contributed by atoms with van der Waals surface area (Å²) in [5.74, 6) is 2.08. The summed E-state index contributed by atoms with van der Waals surface area (Å²) in [6, 6.07) is 6.98. The summed E-state index contributed by atoms with van der Waals surface area (Å²) in [7, 11) is 0. The SMILES string of the molecule is CC(c1ccc2c(c1)OCC2)N1CCn2nc(Br)nc2C1. The summed E-state index contributed by atoms with van der Waals surface area (Å²) < 4.78 is 8.35. The van der Waals surface area contributed by atoms with Gasteiger partial charge in [-0.1, -0.05) is 12.1 Å². The Kier molecular flexibility index (Phi) is 3.23. The Morgan fingerprint density at radius 3 is 3.14 bits per heavy atom. The molecule has 4 rings (SSSR count). The van der Waals surface area contributed by atoms with Crippen LogP contribution >= 0.6 is 15.9 Å². The van der Waals surface area contributed by atoms with Crippen molar-refractivity contribution < 1.29 is 4.74 Å². The molecule has 0 N–H and O–H groups in total. The van der Waals surface area contributed by atoms with Crippen LogP contribution in [0.1, 0.15) is 29.9 Å². The second-order valence-electron chi connectivity index (χ2n) is 5.63. The molecular formula is C15H17BrN4O. The molecule has 1 unspecified atom stereocenters. The maximum Gasteiger partial charge on any atom is 0.217 e. The van der Waals surface area contributed by atoms with Gasteiger partial charge in [0.05, 0.1) is 19.7 Å². The number of rotatable bonds is 2. The standard InChI is InChI=1S/C15H17BrN4O/c1-10(12-3-2-11-4-7-21-13(11)8-12)19-5-6-20-14(9-19)17-15(16)18-20/h2-3,8,10H,4-7,9H2,1H3. The minimum atomic E-state index is 0.351. The summed E-state index contributed by atoms with van der Waals surface area (Å²) in [5, 5.41) is 4.34. The fraction of sp³-hybridized carbons (Fsp3) is 0.467. The number of benzene rings is 1. The van der Waals surface area contributed by atoms with E-state index in [1.165, 1.54) is 11.1 Å². The fourth-order valence-corrected chi connectivity index (χ4v) is 3.50. The van der Waals surface area contributed by atoms with Crippen molar-refractivity contribution in [2.45, 2.75) is 32.5 Å². The molecule has 1 atom stereocenters. The average molecular weight is 349 g/mol. The predicted octanol–water partition coefficient (Wildman–Crippen LogP) is 2.55. The van der Waals surface area contributed by atoms with Crippen LogP contribution in [0.5, 0.6) is 5.75 Å². The maximum atomic E-state index is 5.69. The van der Waals surface area contributed by atoms with Gasteiger partial charge < -0.3 is 4.74 Å². The number of ether oxygens (including phenoxy) is 1. The third-order valence-corrected chi connectivity index (χ3v) is 4.75. The molecule has 0 saturated carbocycles. The first kappa shape index (κ1) is 13.3. The van der Waals surface area contributed by atoms with Crippen molar-refractivity contribution in [3.63, 3.8) is 0 Å². The molecule has 1 aromatic heterocycles. The van der Waals surface area contributed by atoms with Gasteiger partial charge in [0.25, 0.3) is 0 Å². The highest BCUT2D eigenvalue weighted by atomic mass is 79.9. The highest BCUT2D eigenvalue weighted by molar-refractivity contribution is 9.10. The second kappa shape index (κ2) is 5.10. The van der Waals surface area contributed by atoms with Crippen LogP contribution in [0.4, 0.5) is 0 Å². The van der Waals surface area contributed by atoms with Gasteiger partial charge in [-0.25, -0.2) is 9.67 Å². The van der Waals surface area contributed by atoms with E-state index in [-0.39, 0.29) is 0 Å². The first-order valence-electron chi connectivity index (χ1n) is 7.29. The van der Waals surface area contributed by atoms with Crippen LogP contribution in [-0.2, 0) is 19.5 Å². The molecule has 1 aromatic carbocycles. The van der Waals surface area contributed by atoms with Gasteiger partial charge in [-0.15, -0.1) is 5.10 Å². The first-order chi connectivity index (χ1) is 10.2. The molecule has 0 amide bonds. The van der Waals surface area contributed by atoms with Gasteiger partial charge in [-0.2, -0.15) is 0 Å². The predicted molar refractivity (Wildman–Crippen MR) is 82.2 cm³/mol. The quantitative estimate of drug-likeness (QED) is 0.836. The second-order valence-corrected chi connectivity index (χ2v) is 6.34. The van der Waals surface area contributed by atoms with E-state index in [0.717, 1.165) is 44.2 Å². The van der Waals surface area contributed by atoms with Crippen LogP contribution in [-0.4, -0.2) is 32.8 Å². The highest BCUT2D eigenvalue weighted by Crippen LogP contribution is 2.31. The summed E-state index contributed by atoms with van der Waals surface area (Å²) in [4.78, 5) is 6.88. The number of hydrogen-bond donors (Lipinski definition) is 0. The zero-order valence-corrected chi connectivity index (χ0v) is 13.5. The van der Waals surface area contributed by atoms with Crippen LogP contribution in [0, 0.1) is 0 Å². The van der Waals surface area contributed by atoms with Crippen molar-refractivity contribution in [3.8, 4) is 5.75 Å². The van der Waals surface area contributed by atoms with E-state index in [1.807, 2.05) is 4.68 Å². The van der Waals surface area contributed by atoms with Crippen molar-refractivity contribution in [3.05, 3.63) is 39.9 Å². The number of nitrogens with zero attached hydrogens (tertiary/aromatic N) is 4. The van der Waals surface area contributed by atoms with E-state index in [2.05, 4.69) is 56.0 Å². The van der Waals surface area contributed by atoms with Crippen molar-refractivity contribution in [2.24, 2.45) is 0 Å². The van der Waals surface area contributed by atoms with Crippen LogP contribution in [0.2, 0.25) is 0 Å². The van der Waals surface area contributed by atoms with Crippen LogP contribution in [0.25, 0.3) is 0 Å². The lowest BCUT2D eigenvalue weighted by atomic mass is 10.0. The summed E-state index contributed by atoms with van der Waals surface area (Å²) in [6.07, 6.45) is 1.03. The Hall–Kier alpha value is -1.40. The smallest absolute Gasteiger partial charge is 0.217 e. The van der Waals surface area contributed by atoms with Gasteiger partial charge in [0.2, 0.25) is 4.73 Å². The van der Waals surface area contributed by atoms with Crippen molar-refractivity contribution in [1.29, 1.82) is 0 Å². The molecule has 6 heteroatoms. The molecule has 2 aliphatic heterocycles. The van der Waals surface area contributed by atoms with Gasteiger partial charge in [0, 0.05) is 19.0 Å². The molecule has 110 valence electrons. The molecule has 21 heavy (non-hydrogen) atoms. The molecule has 0 saturated heterocycles. The van der Waals surface area contributed by atoms with E-state index >= 15 is 0 Å². The minimum Gasteiger partial charge on any atom is -0.493 e. The van der Waals surface area contributed by atoms with Crippen LogP contribution in [0.15, 0.2) is 22.9 Å². The third-order valence-electron chi connectivity index (χ3n) is 4.42. The summed E-state index contributed by atoms with van der Waals surface area (Å²) in [6.45, 7) is 5.77. The Bertz CT molecular complexity index is 684. The summed E-state index contributed by atoms with van der Waals surface area (Å²) in [5.41, 5.74) is 2.64. The maximum absolute atomic E-state index is 5.69. The molecule has 0 aliphatic carbocycles. The topological polar surface area (TPSA) is 43.2 Å². The van der Waals surface area contributed by atoms with Crippen molar-refractivity contribution in [2.75, 3.05) is 13.2 Å². The Morgan fingerprint density at radius 1 is 1.33 bits per heavy atom. The Labute approximate surface area is 132 Å². The van der Waals surface area contributed by atoms with Gasteiger partial charge in [-0.05, 0) is 40.0 Å². The molecule has 0 radical (unpaired) electrons. The van der Waals surface area contributed by atoms with Crippen molar-refractivity contribution in [1.82, 2.24) is 19.7 Å². The lowest BCUT2D eigenvalue weighted by Gasteiger charge is -2.32. The van der Waals surface area contributed by atoms with E-state index in [4.69, 9.17) is 4.74 Å². The molecule has 0 fully saturated rings. The summed E-state index contributed by atoms with van der Waals surface area (Å²) >= 11 is 3.35. The lowest BCUT2D eigenvalue weighted by molar-refractivity contribution is 0.158. The largest absolute Gasteiger partial charge is 0.493 e. The molecule has 2 aromatic rings. The van der Waals surface area contributed by atoms with Crippen LogP contribution < -0.4 is 4.74 Å². The molecule has 0 spiro atoms. The average Bonchev–Trinajstić information content (AvgIpc) is 3.09. The number of aromatic nitrogens is 3. The Morgan fingerprint density at radius 2 is 2.24 bits per heavy atom. The molecule has 2 aliphatic rings. The zero-order valence-electron chi connectivity index (χ0n) is 11.9. The van der Waals surface area contributed by atoms with Gasteiger partial charge in [-0.3, -0.25) is 4.90 Å². The van der Waals surface area contributed by atoms with Crippen molar-refractivity contribution >= 4 is 15.9 Å². The molecule has 0 bridgehead atoms. The van der Waals surface area contributed by atoms with Gasteiger partial charge in [0.1, 0.15) is 11.6 Å². The zero-order chi connectivity index (χ0) is 14.4. The van der Waals surface area contributed by atoms with E-state index < -0.39 is 0 Å². The van der Waals surface area contributed by atoms with Gasteiger partial charge >= 0.3 is 0 Å².